The zero-order valence-corrected chi connectivity index (χ0v) is 9.37. The Bertz CT molecular complexity index is 238. The lowest BCUT2D eigenvalue weighted by molar-refractivity contribution is 0.338. The van der Waals surface area contributed by atoms with Crippen LogP contribution in [0.3, 0.4) is 0 Å². The Morgan fingerprint density at radius 2 is 2.21 bits per heavy atom. The second kappa shape index (κ2) is 6.80. The van der Waals surface area contributed by atoms with E-state index in [1.807, 2.05) is 18.3 Å². The van der Waals surface area contributed by atoms with Crippen molar-refractivity contribution < 1.29 is 0 Å². The monoisotopic (exact) mass is 212 g/mol. The molecular formula is C11H17ClN2. The van der Waals surface area contributed by atoms with Gasteiger partial charge < -0.3 is 4.90 Å². The minimum atomic E-state index is 0.744. The molecule has 0 N–H and O–H groups in total. The molecular weight excluding hydrogens is 196 g/mol. The molecule has 1 aromatic rings. The molecule has 0 unspecified atom stereocenters. The molecule has 0 saturated carbocycles. The highest BCUT2D eigenvalue weighted by atomic mass is 35.5. The molecule has 0 aliphatic heterocycles. The standard InChI is InChI=1S/C11H17ClN2/c1-14(9-4-7-12)10-6-11-5-2-3-8-13-11/h2-3,5,8H,4,6-7,9-10H2,1H3. The van der Waals surface area contributed by atoms with Crippen LogP contribution in [0, 0.1) is 0 Å². The fourth-order valence-electron chi connectivity index (χ4n) is 1.29. The Hall–Kier alpha value is -0.600. The second-order valence-electron chi connectivity index (χ2n) is 3.42. The molecule has 0 bridgehead atoms. The van der Waals surface area contributed by atoms with E-state index >= 15 is 0 Å². The van der Waals surface area contributed by atoms with Crippen LogP contribution in [0.15, 0.2) is 24.4 Å². The van der Waals surface area contributed by atoms with Gasteiger partial charge in [-0.2, -0.15) is 0 Å². The first kappa shape index (κ1) is 11.5. The fraction of sp³-hybridized carbons (Fsp3) is 0.545. The highest BCUT2D eigenvalue weighted by Crippen LogP contribution is 1.97. The molecule has 0 aromatic carbocycles. The molecule has 0 radical (unpaired) electrons. The summed E-state index contributed by atoms with van der Waals surface area (Å²) in [6.45, 7) is 2.12. The summed E-state index contributed by atoms with van der Waals surface area (Å²) < 4.78 is 0. The maximum atomic E-state index is 5.62. The predicted molar refractivity (Wildman–Crippen MR) is 60.8 cm³/mol. The van der Waals surface area contributed by atoms with Crippen LogP contribution in [-0.4, -0.2) is 35.9 Å². The molecule has 78 valence electrons. The normalized spacial score (nSPS) is 10.8. The van der Waals surface area contributed by atoms with Crippen molar-refractivity contribution in [2.24, 2.45) is 0 Å². The van der Waals surface area contributed by atoms with Crippen molar-refractivity contribution in [3.63, 3.8) is 0 Å². The molecule has 1 heterocycles. The van der Waals surface area contributed by atoms with Crippen molar-refractivity contribution in [2.45, 2.75) is 12.8 Å². The van der Waals surface area contributed by atoms with Gasteiger partial charge in [-0.15, -0.1) is 11.6 Å². The van der Waals surface area contributed by atoms with Crippen LogP contribution >= 0.6 is 11.6 Å². The van der Waals surface area contributed by atoms with Crippen molar-refractivity contribution in [1.29, 1.82) is 0 Å². The molecule has 2 nitrogen and oxygen atoms in total. The van der Waals surface area contributed by atoms with Crippen LogP contribution < -0.4 is 0 Å². The van der Waals surface area contributed by atoms with Crippen molar-refractivity contribution in [3.8, 4) is 0 Å². The number of halogens is 1. The molecule has 0 atom stereocenters. The molecule has 3 heteroatoms. The Labute approximate surface area is 90.9 Å². The molecule has 14 heavy (non-hydrogen) atoms. The third kappa shape index (κ3) is 4.58. The smallest absolute Gasteiger partial charge is 0.0416 e. The summed E-state index contributed by atoms with van der Waals surface area (Å²) in [4.78, 5) is 6.57. The molecule has 1 aromatic heterocycles. The van der Waals surface area contributed by atoms with Gasteiger partial charge in [0.2, 0.25) is 0 Å². The SMILES string of the molecule is CN(CCCCl)CCc1ccccn1. The number of hydrogen-bond acceptors (Lipinski definition) is 2. The summed E-state index contributed by atoms with van der Waals surface area (Å²) in [5, 5.41) is 0. The maximum absolute atomic E-state index is 5.62. The van der Waals surface area contributed by atoms with E-state index in [1.54, 1.807) is 0 Å². The summed E-state index contributed by atoms with van der Waals surface area (Å²) in [5.74, 6) is 0.744. The largest absolute Gasteiger partial charge is 0.306 e. The van der Waals surface area contributed by atoms with Gasteiger partial charge >= 0.3 is 0 Å². The van der Waals surface area contributed by atoms with E-state index in [4.69, 9.17) is 11.6 Å². The summed E-state index contributed by atoms with van der Waals surface area (Å²) in [6, 6.07) is 6.04. The zero-order chi connectivity index (χ0) is 10.2. The average Bonchev–Trinajstić information content (AvgIpc) is 2.25. The summed E-state index contributed by atoms with van der Waals surface area (Å²) >= 11 is 5.62. The van der Waals surface area contributed by atoms with E-state index in [0.29, 0.717) is 0 Å². The zero-order valence-electron chi connectivity index (χ0n) is 8.62. The number of hydrogen-bond donors (Lipinski definition) is 0. The first-order valence-electron chi connectivity index (χ1n) is 4.97. The van der Waals surface area contributed by atoms with Gasteiger partial charge in [-0.3, -0.25) is 4.98 Å². The van der Waals surface area contributed by atoms with Gasteiger partial charge in [-0.1, -0.05) is 6.07 Å². The highest BCUT2D eigenvalue weighted by Gasteiger charge is 1.98. The lowest BCUT2D eigenvalue weighted by Crippen LogP contribution is -2.22. The lowest BCUT2D eigenvalue weighted by Gasteiger charge is -2.14. The quantitative estimate of drug-likeness (QED) is 0.672. The molecule has 0 spiro atoms. The summed E-state index contributed by atoms with van der Waals surface area (Å²) in [7, 11) is 2.12. The maximum Gasteiger partial charge on any atom is 0.0416 e. The summed E-state index contributed by atoms with van der Waals surface area (Å²) in [5.41, 5.74) is 1.16. The predicted octanol–water partition coefficient (Wildman–Crippen LogP) is 2.18. The number of aromatic nitrogens is 1. The number of likely N-dealkylation sites (N-methyl/N-ethyl adjacent to an activating group) is 1. The van der Waals surface area contributed by atoms with Gasteiger partial charge in [-0.25, -0.2) is 0 Å². The van der Waals surface area contributed by atoms with Crippen LogP contribution in [0.5, 0.6) is 0 Å². The molecule has 0 amide bonds. The first-order chi connectivity index (χ1) is 6.83. The number of rotatable bonds is 6. The Kier molecular flexibility index (Phi) is 5.57. The van der Waals surface area contributed by atoms with Crippen molar-refractivity contribution in [1.82, 2.24) is 9.88 Å². The van der Waals surface area contributed by atoms with Crippen LogP contribution in [0.2, 0.25) is 0 Å². The molecule has 0 aliphatic rings. The average molecular weight is 213 g/mol. The van der Waals surface area contributed by atoms with E-state index in [0.717, 1.165) is 37.5 Å². The van der Waals surface area contributed by atoms with Crippen molar-refractivity contribution in [2.75, 3.05) is 26.0 Å². The third-order valence-electron chi connectivity index (χ3n) is 2.15. The minimum Gasteiger partial charge on any atom is -0.306 e. The van der Waals surface area contributed by atoms with Crippen LogP contribution in [-0.2, 0) is 6.42 Å². The van der Waals surface area contributed by atoms with E-state index in [-0.39, 0.29) is 0 Å². The van der Waals surface area contributed by atoms with Crippen molar-refractivity contribution in [3.05, 3.63) is 30.1 Å². The summed E-state index contributed by atoms with van der Waals surface area (Å²) in [6.07, 6.45) is 3.91. The van der Waals surface area contributed by atoms with Gasteiger partial charge in [0, 0.05) is 30.7 Å². The van der Waals surface area contributed by atoms with E-state index < -0.39 is 0 Å². The minimum absolute atomic E-state index is 0.744. The van der Waals surface area contributed by atoms with E-state index in [9.17, 15) is 0 Å². The second-order valence-corrected chi connectivity index (χ2v) is 3.79. The van der Waals surface area contributed by atoms with Crippen LogP contribution in [0.25, 0.3) is 0 Å². The number of nitrogens with zero attached hydrogens (tertiary/aromatic N) is 2. The van der Waals surface area contributed by atoms with Gasteiger partial charge in [0.25, 0.3) is 0 Å². The molecule has 0 saturated heterocycles. The Morgan fingerprint density at radius 1 is 1.36 bits per heavy atom. The highest BCUT2D eigenvalue weighted by molar-refractivity contribution is 6.17. The van der Waals surface area contributed by atoms with Gasteiger partial charge in [0.1, 0.15) is 0 Å². The Balaban J connectivity index is 2.20. The van der Waals surface area contributed by atoms with Gasteiger partial charge in [0.05, 0.1) is 0 Å². The first-order valence-corrected chi connectivity index (χ1v) is 5.51. The third-order valence-corrected chi connectivity index (χ3v) is 2.42. The molecule has 1 rings (SSSR count). The van der Waals surface area contributed by atoms with Gasteiger partial charge in [0.15, 0.2) is 0 Å². The van der Waals surface area contributed by atoms with Crippen molar-refractivity contribution >= 4 is 11.6 Å². The van der Waals surface area contributed by atoms with Gasteiger partial charge in [-0.05, 0) is 32.1 Å². The fourth-order valence-corrected chi connectivity index (χ4v) is 1.41. The molecule has 0 aliphatic carbocycles. The van der Waals surface area contributed by atoms with E-state index in [2.05, 4.69) is 23.0 Å². The number of alkyl halides is 1. The van der Waals surface area contributed by atoms with E-state index in [1.165, 1.54) is 0 Å². The van der Waals surface area contributed by atoms with Crippen LogP contribution in [0.1, 0.15) is 12.1 Å². The van der Waals surface area contributed by atoms with Crippen LogP contribution in [0.4, 0.5) is 0 Å². The topological polar surface area (TPSA) is 16.1 Å². The number of pyridine rings is 1. The molecule has 0 fully saturated rings. The lowest BCUT2D eigenvalue weighted by atomic mass is 10.2. The Morgan fingerprint density at radius 3 is 2.86 bits per heavy atom.